The Labute approximate surface area is 117 Å². The van der Waals surface area contributed by atoms with E-state index in [1.807, 2.05) is 30.2 Å². The molecule has 2 aromatic heterocycles. The van der Waals surface area contributed by atoms with Crippen LogP contribution < -0.4 is 0 Å². The lowest BCUT2D eigenvalue weighted by Crippen LogP contribution is -2.29. The van der Waals surface area contributed by atoms with Crippen molar-refractivity contribution in [2.75, 3.05) is 26.3 Å². The summed E-state index contributed by atoms with van der Waals surface area (Å²) in [5.41, 5.74) is 1.48. The standard InChI is InChI=1S/C15H19N3O2/c1-2-20-10-11-4-6-18(9-11)15(19)13-7-12-3-5-16-14(12)17-8-13/h3,5,7-8,11H,2,4,6,9-10H2,1H3,(H,16,17). The molecule has 1 saturated heterocycles. The number of ether oxygens (including phenoxy) is 1. The largest absolute Gasteiger partial charge is 0.381 e. The van der Waals surface area contributed by atoms with Crippen molar-refractivity contribution in [2.24, 2.45) is 5.92 Å². The fourth-order valence-corrected chi connectivity index (χ4v) is 2.68. The van der Waals surface area contributed by atoms with Crippen LogP contribution in [0.2, 0.25) is 0 Å². The van der Waals surface area contributed by atoms with Crippen molar-refractivity contribution >= 4 is 16.9 Å². The molecule has 5 heteroatoms. The highest BCUT2D eigenvalue weighted by Crippen LogP contribution is 2.20. The minimum Gasteiger partial charge on any atom is -0.381 e. The zero-order chi connectivity index (χ0) is 13.9. The van der Waals surface area contributed by atoms with Gasteiger partial charge in [0.15, 0.2) is 0 Å². The van der Waals surface area contributed by atoms with Gasteiger partial charge in [-0.05, 0) is 25.5 Å². The van der Waals surface area contributed by atoms with Gasteiger partial charge in [-0.1, -0.05) is 0 Å². The Morgan fingerprint density at radius 2 is 2.50 bits per heavy atom. The van der Waals surface area contributed by atoms with Gasteiger partial charge in [-0.2, -0.15) is 0 Å². The quantitative estimate of drug-likeness (QED) is 0.927. The van der Waals surface area contributed by atoms with E-state index in [1.54, 1.807) is 6.20 Å². The lowest BCUT2D eigenvalue weighted by molar-refractivity contribution is 0.0762. The Morgan fingerprint density at radius 1 is 1.60 bits per heavy atom. The molecule has 1 atom stereocenters. The van der Waals surface area contributed by atoms with E-state index in [0.29, 0.717) is 11.5 Å². The maximum Gasteiger partial charge on any atom is 0.255 e. The molecule has 1 aliphatic heterocycles. The number of H-pyrrole nitrogens is 1. The van der Waals surface area contributed by atoms with Crippen LogP contribution in [-0.2, 0) is 4.74 Å². The number of fused-ring (bicyclic) bond motifs is 1. The van der Waals surface area contributed by atoms with E-state index in [2.05, 4.69) is 9.97 Å². The zero-order valence-corrected chi connectivity index (χ0v) is 11.6. The minimum absolute atomic E-state index is 0.0691. The highest BCUT2D eigenvalue weighted by atomic mass is 16.5. The topological polar surface area (TPSA) is 58.2 Å². The number of aromatic amines is 1. The molecule has 1 N–H and O–H groups in total. The van der Waals surface area contributed by atoms with Gasteiger partial charge in [0.25, 0.3) is 5.91 Å². The van der Waals surface area contributed by atoms with Gasteiger partial charge in [0, 0.05) is 43.4 Å². The van der Waals surface area contributed by atoms with Crippen molar-refractivity contribution < 1.29 is 9.53 Å². The maximum absolute atomic E-state index is 12.5. The van der Waals surface area contributed by atoms with Gasteiger partial charge >= 0.3 is 0 Å². The number of aromatic nitrogens is 2. The van der Waals surface area contributed by atoms with E-state index >= 15 is 0 Å². The SMILES string of the molecule is CCOCC1CCN(C(=O)c2cnc3[nH]ccc3c2)C1. The van der Waals surface area contributed by atoms with Crippen molar-refractivity contribution in [3.63, 3.8) is 0 Å². The Bertz CT molecular complexity index is 608. The number of carbonyl (C=O) groups excluding carboxylic acids is 1. The molecule has 0 saturated carbocycles. The second kappa shape index (κ2) is 5.63. The summed E-state index contributed by atoms with van der Waals surface area (Å²) in [7, 11) is 0. The number of pyridine rings is 1. The second-order valence-electron chi connectivity index (χ2n) is 5.20. The fourth-order valence-electron chi connectivity index (χ4n) is 2.68. The fraction of sp³-hybridized carbons (Fsp3) is 0.467. The number of amides is 1. The lowest BCUT2D eigenvalue weighted by atomic mass is 10.1. The first-order chi connectivity index (χ1) is 9.78. The number of hydrogen-bond donors (Lipinski definition) is 1. The van der Waals surface area contributed by atoms with Crippen LogP contribution in [0.4, 0.5) is 0 Å². The number of nitrogens with zero attached hydrogens (tertiary/aromatic N) is 2. The third-order valence-corrected chi connectivity index (χ3v) is 3.78. The normalized spacial score (nSPS) is 18.9. The van der Waals surface area contributed by atoms with E-state index in [1.165, 1.54) is 0 Å². The van der Waals surface area contributed by atoms with E-state index in [0.717, 1.165) is 43.8 Å². The van der Waals surface area contributed by atoms with E-state index in [9.17, 15) is 4.79 Å². The highest BCUT2D eigenvalue weighted by Gasteiger charge is 2.27. The Hall–Kier alpha value is -1.88. The molecule has 0 aromatic carbocycles. The summed E-state index contributed by atoms with van der Waals surface area (Å²) in [6, 6.07) is 3.83. The van der Waals surface area contributed by atoms with Crippen LogP contribution in [0, 0.1) is 5.92 Å². The number of likely N-dealkylation sites (tertiary alicyclic amines) is 1. The Balaban J connectivity index is 1.69. The summed E-state index contributed by atoms with van der Waals surface area (Å²) in [6.45, 7) is 5.06. The van der Waals surface area contributed by atoms with Gasteiger partial charge in [0.05, 0.1) is 12.2 Å². The van der Waals surface area contributed by atoms with Crippen molar-refractivity contribution in [3.05, 3.63) is 30.1 Å². The summed E-state index contributed by atoms with van der Waals surface area (Å²) in [5.74, 6) is 0.530. The van der Waals surface area contributed by atoms with Crippen LogP contribution in [0.15, 0.2) is 24.5 Å². The third kappa shape index (κ3) is 2.54. The zero-order valence-electron chi connectivity index (χ0n) is 11.6. The monoisotopic (exact) mass is 273 g/mol. The van der Waals surface area contributed by atoms with Gasteiger partial charge in [0.2, 0.25) is 0 Å². The molecular formula is C15H19N3O2. The molecule has 0 radical (unpaired) electrons. The molecule has 5 nitrogen and oxygen atoms in total. The highest BCUT2D eigenvalue weighted by molar-refractivity contribution is 5.97. The molecule has 0 spiro atoms. The van der Waals surface area contributed by atoms with E-state index < -0.39 is 0 Å². The van der Waals surface area contributed by atoms with Crippen LogP contribution in [0.25, 0.3) is 11.0 Å². The van der Waals surface area contributed by atoms with Crippen LogP contribution in [-0.4, -0.2) is 47.1 Å². The van der Waals surface area contributed by atoms with Crippen molar-refractivity contribution in [1.82, 2.24) is 14.9 Å². The first-order valence-corrected chi connectivity index (χ1v) is 7.08. The van der Waals surface area contributed by atoms with Crippen LogP contribution in [0.5, 0.6) is 0 Å². The van der Waals surface area contributed by atoms with Gasteiger partial charge in [0.1, 0.15) is 5.65 Å². The van der Waals surface area contributed by atoms with Gasteiger partial charge in [-0.3, -0.25) is 4.79 Å². The van der Waals surface area contributed by atoms with Crippen molar-refractivity contribution in [3.8, 4) is 0 Å². The number of nitrogens with one attached hydrogen (secondary N) is 1. The molecule has 3 heterocycles. The van der Waals surface area contributed by atoms with Crippen molar-refractivity contribution in [1.29, 1.82) is 0 Å². The van der Waals surface area contributed by atoms with Crippen molar-refractivity contribution in [2.45, 2.75) is 13.3 Å². The Morgan fingerprint density at radius 3 is 3.35 bits per heavy atom. The number of rotatable bonds is 4. The molecule has 0 aliphatic carbocycles. The minimum atomic E-state index is 0.0691. The molecule has 3 rings (SSSR count). The van der Waals surface area contributed by atoms with Gasteiger partial charge in [-0.15, -0.1) is 0 Å². The molecule has 1 amide bonds. The first kappa shape index (κ1) is 13.1. The predicted molar refractivity (Wildman–Crippen MR) is 76.6 cm³/mol. The molecule has 106 valence electrons. The molecule has 20 heavy (non-hydrogen) atoms. The molecule has 1 aliphatic rings. The summed E-state index contributed by atoms with van der Waals surface area (Å²) >= 11 is 0. The van der Waals surface area contributed by atoms with Gasteiger partial charge < -0.3 is 14.6 Å². The Kier molecular flexibility index (Phi) is 3.69. The third-order valence-electron chi connectivity index (χ3n) is 3.78. The summed E-state index contributed by atoms with van der Waals surface area (Å²) < 4.78 is 5.44. The lowest BCUT2D eigenvalue weighted by Gasteiger charge is -2.16. The predicted octanol–water partition coefficient (Wildman–Crippen LogP) is 2.06. The summed E-state index contributed by atoms with van der Waals surface area (Å²) in [6.07, 6.45) is 4.50. The smallest absolute Gasteiger partial charge is 0.255 e. The van der Waals surface area contributed by atoms with E-state index in [-0.39, 0.29) is 5.91 Å². The summed E-state index contributed by atoms with van der Waals surface area (Å²) in [5, 5.41) is 0.973. The molecule has 0 bridgehead atoms. The average molecular weight is 273 g/mol. The average Bonchev–Trinajstić information content (AvgIpc) is 3.12. The molecule has 1 unspecified atom stereocenters. The second-order valence-corrected chi connectivity index (χ2v) is 5.20. The van der Waals surface area contributed by atoms with Crippen LogP contribution >= 0.6 is 0 Å². The summed E-state index contributed by atoms with van der Waals surface area (Å²) in [4.78, 5) is 21.7. The van der Waals surface area contributed by atoms with Gasteiger partial charge in [-0.25, -0.2) is 4.98 Å². The molecule has 1 fully saturated rings. The van der Waals surface area contributed by atoms with Crippen LogP contribution in [0.1, 0.15) is 23.7 Å². The van der Waals surface area contributed by atoms with Crippen LogP contribution in [0.3, 0.4) is 0 Å². The first-order valence-electron chi connectivity index (χ1n) is 7.08. The molecule has 2 aromatic rings. The maximum atomic E-state index is 12.5. The van der Waals surface area contributed by atoms with E-state index in [4.69, 9.17) is 4.74 Å². The number of carbonyl (C=O) groups is 1. The molecular weight excluding hydrogens is 254 g/mol. The number of hydrogen-bond acceptors (Lipinski definition) is 3.